The third-order valence-corrected chi connectivity index (χ3v) is 3.93. The number of halogens is 3. The highest BCUT2D eigenvalue weighted by Crippen LogP contribution is 2.34. The van der Waals surface area contributed by atoms with Crippen LogP contribution in [0.2, 0.25) is 0 Å². The van der Waals surface area contributed by atoms with Crippen LogP contribution in [0.25, 0.3) is 11.4 Å². The SMILES string of the molecule is FC(F)(F)c1ccnc(-c2ccccc2C2CCNCC2)n1. The van der Waals surface area contributed by atoms with E-state index in [0.29, 0.717) is 11.5 Å². The van der Waals surface area contributed by atoms with E-state index in [1.165, 1.54) is 6.20 Å². The molecule has 0 aliphatic carbocycles. The second-order valence-electron chi connectivity index (χ2n) is 5.37. The average molecular weight is 307 g/mol. The number of alkyl halides is 3. The molecule has 1 aromatic heterocycles. The van der Waals surface area contributed by atoms with Crippen molar-refractivity contribution >= 4 is 0 Å². The number of nitrogens with one attached hydrogen (secondary N) is 1. The first-order valence-electron chi connectivity index (χ1n) is 7.26. The first-order valence-corrected chi connectivity index (χ1v) is 7.26. The molecule has 2 aromatic rings. The Morgan fingerprint density at radius 2 is 1.77 bits per heavy atom. The minimum absolute atomic E-state index is 0.143. The molecule has 3 rings (SSSR count). The van der Waals surface area contributed by atoms with Crippen LogP contribution in [-0.4, -0.2) is 23.1 Å². The molecular weight excluding hydrogens is 291 g/mol. The molecule has 0 bridgehead atoms. The number of nitrogens with zero attached hydrogens (tertiary/aromatic N) is 2. The van der Waals surface area contributed by atoms with Crippen molar-refractivity contribution in [2.24, 2.45) is 0 Å². The summed E-state index contributed by atoms with van der Waals surface area (Å²) in [5.41, 5.74) is 0.821. The molecule has 0 amide bonds. The summed E-state index contributed by atoms with van der Waals surface area (Å²) in [6, 6.07) is 8.39. The summed E-state index contributed by atoms with van der Waals surface area (Å²) in [5.74, 6) is 0.472. The van der Waals surface area contributed by atoms with Gasteiger partial charge in [0.2, 0.25) is 0 Å². The fourth-order valence-corrected chi connectivity index (χ4v) is 2.84. The van der Waals surface area contributed by atoms with Crippen molar-refractivity contribution in [2.75, 3.05) is 13.1 Å². The van der Waals surface area contributed by atoms with Gasteiger partial charge < -0.3 is 5.32 Å². The van der Waals surface area contributed by atoms with Crippen molar-refractivity contribution < 1.29 is 13.2 Å². The van der Waals surface area contributed by atoms with Crippen LogP contribution >= 0.6 is 0 Å². The maximum absolute atomic E-state index is 12.8. The fourth-order valence-electron chi connectivity index (χ4n) is 2.84. The van der Waals surface area contributed by atoms with Crippen LogP contribution in [0.5, 0.6) is 0 Å². The number of benzene rings is 1. The van der Waals surface area contributed by atoms with Crippen molar-refractivity contribution in [2.45, 2.75) is 24.9 Å². The number of hydrogen-bond acceptors (Lipinski definition) is 3. The molecule has 1 fully saturated rings. The van der Waals surface area contributed by atoms with Gasteiger partial charge in [-0.2, -0.15) is 13.2 Å². The van der Waals surface area contributed by atoms with Crippen LogP contribution in [0.15, 0.2) is 36.5 Å². The van der Waals surface area contributed by atoms with Gasteiger partial charge in [-0.15, -0.1) is 0 Å². The number of aromatic nitrogens is 2. The van der Waals surface area contributed by atoms with Gasteiger partial charge in [-0.1, -0.05) is 24.3 Å². The Balaban J connectivity index is 2.01. The average Bonchev–Trinajstić information content (AvgIpc) is 2.55. The van der Waals surface area contributed by atoms with Gasteiger partial charge in [0.15, 0.2) is 5.82 Å². The predicted octanol–water partition coefficient (Wildman–Crippen LogP) is 3.63. The summed E-state index contributed by atoms with van der Waals surface area (Å²) in [4.78, 5) is 7.77. The number of rotatable bonds is 2. The highest BCUT2D eigenvalue weighted by molar-refractivity contribution is 5.61. The summed E-state index contributed by atoms with van der Waals surface area (Å²) in [7, 11) is 0. The highest BCUT2D eigenvalue weighted by atomic mass is 19.4. The van der Waals surface area contributed by atoms with Crippen LogP contribution < -0.4 is 5.32 Å². The van der Waals surface area contributed by atoms with E-state index < -0.39 is 11.9 Å². The molecule has 3 nitrogen and oxygen atoms in total. The Kier molecular flexibility index (Phi) is 4.11. The van der Waals surface area contributed by atoms with Crippen molar-refractivity contribution in [3.05, 3.63) is 47.8 Å². The molecule has 1 aliphatic heterocycles. The summed E-state index contributed by atoms with van der Waals surface area (Å²) in [6.45, 7) is 1.84. The van der Waals surface area contributed by atoms with E-state index in [1.807, 2.05) is 18.2 Å². The summed E-state index contributed by atoms with van der Waals surface area (Å²) in [6.07, 6.45) is -1.35. The Morgan fingerprint density at radius 3 is 2.50 bits per heavy atom. The largest absolute Gasteiger partial charge is 0.433 e. The minimum atomic E-state index is -4.46. The van der Waals surface area contributed by atoms with Crippen LogP contribution in [0.3, 0.4) is 0 Å². The van der Waals surface area contributed by atoms with E-state index in [9.17, 15) is 13.2 Å². The van der Waals surface area contributed by atoms with Crippen molar-refractivity contribution in [1.82, 2.24) is 15.3 Å². The lowest BCUT2D eigenvalue weighted by molar-refractivity contribution is -0.141. The van der Waals surface area contributed by atoms with E-state index in [2.05, 4.69) is 15.3 Å². The Bertz CT molecular complexity index is 649. The molecule has 2 heterocycles. The monoisotopic (exact) mass is 307 g/mol. The van der Waals surface area contributed by atoms with Crippen molar-refractivity contribution in [3.8, 4) is 11.4 Å². The van der Waals surface area contributed by atoms with Gasteiger partial charge in [0, 0.05) is 11.8 Å². The lowest BCUT2D eigenvalue weighted by Gasteiger charge is -2.24. The third kappa shape index (κ3) is 3.11. The molecule has 1 N–H and O–H groups in total. The van der Waals surface area contributed by atoms with E-state index in [0.717, 1.165) is 37.6 Å². The van der Waals surface area contributed by atoms with Gasteiger partial charge in [-0.3, -0.25) is 0 Å². The van der Waals surface area contributed by atoms with E-state index in [4.69, 9.17) is 0 Å². The molecule has 0 radical (unpaired) electrons. The van der Waals surface area contributed by atoms with Gasteiger partial charge in [-0.25, -0.2) is 9.97 Å². The zero-order valence-corrected chi connectivity index (χ0v) is 11.9. The molecule has 0 atom stereocenters. The second-order valence-corrected chi connectivity index (χ2v) is 5.37. The van der Waals surface area contributed by atoms with Crippen molar-refractivity contribution in [3.63, 3.8) is 0 Å². The first-order chi connectivity index (χ1) is 10.6. The lowest BCUT2D eigenvalue weighted by atomic mass is 9.87. The maximum Gasteiger partial charge on any atom is 0.433 e. The second kappa shape index (κ2) is 6.04. The molecule has 1 aromatic carbocycles. The smallest absolute Gasteiger partial charge is 0.317 e. The van der Waals surface area contributed by atoms with Gasteiger partial charge in [-0.05, 0) is 43.5 Å². The molecule has 0 spiro atoms. The van der Waals surface area contributed by atoms with Crippen LogP contribution in [0, 0.1) is 0 Å². The molecule has 1 saturated heterocycles. The van der Waals surface area contributed by atoms with Gasteiger partial charge >= 0.3 is 6.18 Å². The van der Waals surface area contributed by atoms with Gasteiger partial charge in [0.1, 0.15) is 5.69 Å². The molecular formula is C16H16F3N3. The van der Waals surface area contributed by atoms with Gasteiger partial charge in [0.25, 0.3) is 0 Å². The number of piperidine rings is 1. The van der Waals surface area contributed by atoms with E-state index >= 15 is 0 Å². The first kappa shape index (κ1) is 15.0. The minimum Gasteiger partial charge on any atom is -0.317 e. The molecule has 1 aliphatic rings. The summed E-state index contributed by atoms with van der Waals surface area (Å²) >= 11 is 0. The number of hydrogen-bond donors (Lipinski definition) is 1. The van der Waals surface area contributed by atoms with Crippen LogP contribution in [0.4, 0.5) is 13.2 Å². The molecule has 0 unspecified atom stereocenters. The van der Waals surface area contributed by atoms with Crippen LogP contribution in [-0.2, 0) is 6.18 Å². The van der Waals surface area contributed by atoms with Crippen LogP contribution in [0.1, 0.15) is 30.0 Å². The molecule has 22 heavy (non-hydrogen) atoms. The zero-order chi connectivity index (χ0) is 15.6. The highest BCUT2D eigenvalue weighted by Gasteiger charge is 2.33. The third-order valence-electron chi connectivity index (χ3n) is 3.93. The molecule has 116 valence electrons. The summed E-state index contributed by atoms with van der Waals surface area (Å²) < 4.78 is 38.5. The van der Waals surface area contributed by atoms with Gasteiger partial charge in [0.05, 0.1) is 0 Å². The molecule has 6 heteroatoms. The fraction of sp³-hybridized carbons (Fsp3) is 0.375. The standard InChI is InChI=1S/C16H16F3N3/c17-16(18,19)14-7-10-21-15(22-14)13-4-2-1-3-12(13)11-5-8-20-9-6-11/h1-4,7,10-11,20H,5-6,8-9H2. The normalized spacial score (nSPS) is 16.7. The zero-order valence-electron chi connectivity index (χ0n) is 11.9. The Morgan fingerprint density at radius 1 is 1.05 bits per heavy atom. The van der Waals surface area contributed by atoms with E-state index in [1.54, 1.807) is 6.07 Å². The van der Waals surface area contributed by atoms with Crippen molar-refractivity contribution in [1.29, 1.82) is 0 Å². The lowest BCUT2D eigenvalue weighted by Crippen LogP contribution is -2.26. The maximum atomic E-state index is 12.8. The topological polar surface area (TPSA) is 37.8 Å². The molecule has 0 saturated carbocycles. The van der Waals surface area contributed by atoms with E-state index in [-0.39, 0.29) is 5.82 Å². The quantitative estimate of drug-likeness (QED) is 0.920. The Labute approximate surface area is 126 Å². The predicted molar refractivity (Wildman–Crippen MR) is 77.3 cm³/mol. The summed E-state index contributed by atoms with van der Waals surface area (Å²) in [5, 5.41) is 3.29. The Hall–Kier alpha value is -1.95.